The van der Waals surface area contributed by atoms with Crippen molar-refractivity contribution in [3.05, 3.63) is 59.8 Å². The number of benzene rings is 2. The van der Waals surface area contributed by atoms with Crippen molar-refractivity contribution in [3.63, 3.8) is 0 Å². The predicted octanol–water partition coefficient (Wildman–Crippen LogP) is 2.79. The Morgan fingerprint density at radius 1 is 1.30 bits per heavy atom. The molecule has 0 saturated carbocycles. The zero-order chi connectivity index (χ0) is 19.0. The maximum Gasteiger partial charge on any atom is 0.253 e. The molecule has 1 amide bonds. The molecule has 1 fully saturated rings. The summed E-state index contributed by atoms with van der Waals surface area (Å²) in [6.45, 7) is 0.667. The topological polar surface area (TPSA) is 91.4 Å². The maximum absolute atomic E-state index is 13.2. The lowest BCUT2D eigenvalue weighted by Gasteiger charge is -2.24. The summed E-state index contributed by atoms with van der Waals surface area (Å²) < 4.78 is 5.30. The monoisotopic (exact) mass is 362 g/mol. The third-order valence-corrected chi connectivity index (χ3v) is 5.44. The fraction of sp³-hybridized carbons (Fsp3) is 0.238. The second kappa shape index (κ2) is 6.46. The molecule has 1 saturated heterocycles. The number of carbonyl (C=O) groups is 1. The van der Waals surface area contributed by atoms with Crippen LogP contribution in [0.5, 0.6) is 5.75 Å². The van der Waals surface area contributed by atoms with Crippen molar-refractivity contribution < 1.29 is 9.53 Å². The van der Waals surface area contributed by atoms with Gasteiger partial charge in [-0.3, -0.25) is 4.79 Å². The molecule has 2 aromatic rings. The summed E-state index contributed by atoms with van der Waals surface area (Å²) in [7, 11) is 1.65. The Hall–Kier alpha value is -3.28. The van der Waals surface area contributed by atoms with Crippen LogP contribution < -0.4 is 20.7 Å². The van der Waals surface area contributed by atoms with Crippen LogP contribution in [-0.4, -0.2) is 31.3 Å². The minimum atomic E-state index is -0.579. The summed E-state index contributed by atoms with van der Waals surface area (Å²) in [4.78, 5) is 15.1. The molecular formula is C21H22N4O2. The van der Waals surface area contributed by atoms with Crippen molar-refractivity contribution in [1.29, 1.82) is 5.41 Å². The van der Waals surface area contributed by atoms with Gasteiger partial charge in [0.15, 0.2) is 0 Å². The fourth-order valence-corrected chi connectivity index (χ4v) is 3.95. The smallest absolute Gasteiger partial charge is 0.253 e. The molecule has 27 heavy (non-hydrogen) atoms. The first kappa shape index (κ1) is 17.1. The standard InChI is InChI=1S/C21H22N4O2/c1-27-18-6-7-19-15(10-18)11-21(24-19)8-9-25(20(21)26)17-4-2-14(3-5-17)16(12-22)13-23/h2-7,10,12-13,22,24H,8-9,11,23H2,1H3/b16-13+,22-12?. The van der Waals surface area contributed by atoms with Gasteiger partial charge >= 0.3 is 0 Å². The molecule has 2 aromatic carbocycles. The maximum atomic E-state index is 13.2. The Morgan fingerprint density at radius 2 is 2.07 bits per heavy atom. The third kappa shape index (κ3) is 2.73. The van der Waals surface area contributed by atoms with Gasteiger partial charge in [-0.05, 0) is 47.9 Å². The third-order valence-electron chi connectivity index (χ3n) is 5.44. The molecule has 2 aliphatic heterocycles. The zero-order valence-electron chi connectivity index (χ0n) is 15.2. The number of anilines is 2. The van der Waals surface area contributed by atoms with Crippen molar-refractivity contribution in [2.75, 3.05) is 23.9 Å². The Morgan fingerprint density at radius 3 is 2.74 bits per heavy atom. The lowest BCUT2D eigenvalue weighted by atomic mass is 9.93. The van der Waals surface area contributed by atoms with Gasteiger partial charge in [0.1, 0.15) is 11.3 Å². The average Bonchev–Trinajstić information content (AvgIpc) is 3.23. The lowest BCUT2D eigenvalue weighted by molar-refractivity contribution is -0.120. The number of allylic oxidation sites excluding steroid dienone is 1. The molecule has 0 aromatic heterocycles. The average molecular weight is 362 g/mol. The second-order valence-electron chi connectivity index (χ2n) is 6.93. The fourth-order valence-electron chi connectivity index (χ4n) is 3.95. The van der Waals surface area contributed by atoms with Crippen LogP contribution in [0.15, 0.2) is 48.7 Å². The number of nitrogens with one attached hydrogen (secondary N) is 2. The molecule has 138 valence electrons. The summed E-state index contributed by atoms with van der Waals surface area (Å²) in [5.74, 6) is 0.896. The first-order valence-electron chi connectivity index (χ1n) is 8.90. The van der Waals surface area contributed by atoms with E-state index in [-0.39, 0.29) is 5.91 Å². The van der Waals surface area contributed by atoms with Crippen molar-refractivity contribution >= 4 is 29.1 Å². The van der Waals surface area contributed by atoms with E-state index in [0.29, 0.717) is 18.5 Å². The van der Waals surface area contributed by atoms with E-state index < -0.39 is 5.54 Å². The second-order valence-corrected chi connectivity index (χ2v) is 6.93. The molecule has 4 N–H and O–H groups in total. The number of nitrogens with two attached hydrogens (primary N) is 1. The van der Waals surface area contributed by atoms with E-state index in [0.717, 1.165) is 34.7 Å². The molecule has 1 spiro atoms. The largest absolute Gasteiger partial charge is 0.497 e. The summed E-state index contributed by atoms with van der Waals surface area (Å²) in [6.07, 6.45) is 4.05. The lowest BCUT2D eigenvalue weighted by Crippen LogP contribution is -2.45. The molecule has 0 aliphatic carbocycles. The van der Waals surface area contributed by atoms with Crippen molar-refractivity contribution in [2.24, 2.45) is 5.73 Å². The van der Waals surface area contributed by atoms with E-state index in [1.807, 2.05) is 47.4 Å². The SMILES string of the molecule is COc1ccc2c(c1)CC1(CCN(c3ccc(/C(C=N)=C/N)cc3)C1=O)N2. The van der Waals surface area contributed by atoms with Crippen LogP contribution in [0.1, 0.15) is 17.5 Å². The summed E-state index contributed by atoms with van der Waals surface area (Å²) in [6, 6.07) is 13.5. The highest BCUT2D eigenvalue weighted by Gasteiger charge is 2.50. The van der Waals surface area contributed by atoms with Crippen LogP contribution >= 0.6 is 0 Å². The van der Waals surface area contributed by atoms with Crippen LogP contribution in [-0.2, 0) is 11.2 Å². The Bertz CT molecular complexity index is 936. The van der Waals surface area contributed by atoms with E-state index >= 15 is 0 Å². The van der Waals surface area contributed by atoms with E-state index in [1.54, 1.807) is 7.11 Å². The van der Waals surface area contributed by atoms with Crippen LogP contribution in [0.2, 0.25) is 0 Å². The molecule has 6 nitrogen and oxygen atoms in total. The number of rotatable bonds is 4. The summed E-state index contributed by atoms with van der Waals surface area (Å²) in [5, 5.41) is 10.9. The molecule has 1 unspecified atom stereocenters. The normalized spacial score (nSPS) is 21.3. The number of nitrogens with zero attached hydrogens (tertiary/aromatic N) is 1. The van der Waals surface area contributed by atoms with Gasteiger partial charge in [-0.15, -0.1) is 0 Å². The molecule has 1 atom stereocenters. The molecule has 6 heteroatoms. The molecular weight excluding hydrogens is 340 g/mol. The molecule has 0 radical (unpaired) electrons. The number of methoxy groups -OCH3 is 1. The first-order valence-corrected chi connectivity index (χ1v) is 8.90. The number of fused-ring (bicyclic) bond motifs is 1. The first-order chi connectivity index (χ1) is 13.1. The molecule has 0 bridgehead atoms. The minimum Gasteiger partial charge on any atom is -0.497 e. The number of hydrogen-bond donors (Lipinski definition) is 3. The van der Waals surface area contributed by atoms with Gasteiger partial charge in [-0.2, -0.15) is 0 Å². The van der Waals surface area contributed by atoms with Crippen molar-refractivity contribution in [3.8, 4) is 5.75 Å². The van der Waals surface area contributed by atoms with Crippen molar-refractivity contribution in [2.45, 2.75) is 18.4 Å². The minimum absolute atomic E-state index is 0.0899. The molecule has 2 heterocycles. The molecule has 4 rings (SSSR count). The van der Waals surface area contributed by atoms with Gasteiger partial charge in [0.25, 0.3) is 5.91 Å². The van der Waals surface area contributed by atoms with Crippen LogP contribution in [0.25, 0.3) is 5.57 Å². The number of hydrogen-bond acceptors (Lipinski definition) is 5. The van der Waals surface area contributed by atoms with Crippen LogP contribution in [0, 0.1) is 5.41 Å². The Kier molecular flexibility index (Phi) is 4.11. The van der Waals surface area contributed by atoms with Crippen LogP contribution in [0.3, 0.4) is 0 Å². The van der Waals surface area contributed by atoms with Gasteiger partial charge < -0.3 is 26.1 Å². The van der Waals surface area contributed by atoms with Gasteiger partial charge in [-0.1, -0.05) is 12.1 Å². The van der Waals surface area contributed by atoms with Gasteiger partial charge in [-0.25, -0.2) is 0 Å². The van der Waals surface area contributed by atoms with Gasteiger partial charge in [0, 0.05) is 42.3 Å². The highest BCUT2D eigenvalue weighted by molar-refractivity contribution is 6.09. The highest BCUT2D eigenvalue weighted by Crippen LogP contribution is 2.41. The summed E-state index contributed by atoms with van der Waals surface area (Å²) in [5.41, 5.74) is 9.45. The van der Waals surface area contributed by atoms with E-state index in [4.69, 9.17) is 15.9 Å². The zero-order valence-corrected chi connectivity index (χ0v) is 15.2. The van der Waals surface area contributed by atoms with Crippen LogP contribution in [0.4, 0.5) is 11.4 Å². The van der Waals surface area contributed by atoms with E-state index in [2.05, 4.69) is 5.32 Å². The number of carbonyl (C=O) groups excluding carboxylic acids is 1. The quantitative estimate of drug-likeness (QED) is 0.730. The Labute approximate surface area is 158 Å². The number of amides is 1. The van der Waals surface area contributed by atoms with E-state index in [1.165, 1.54) is 12.4 Å². The predicted molar refractivity (Wildman–Crippen MR) is 107 cm³/mol. The van der Waals surface area contributed by atoms with Gasteiger partial charge in [0.2, 0.25) is 0 Å². The van der Waals surface area contributed by atoms with Crippen molar-refractivity contribution in [1.82, 2.24) is 0 Å². The van der Waals surface area contributed by atoms with E-state index in [9.17, 15) is 4.79 Å². The molecule has 2 aliphatic rings. The Balaban J connectivity index is 1.57. The summed E-state index contributed by atoms with van der Waals surface area (Å²) >= 11 is 0. The van der Waals surface area contributed by atoms with Gasteiger partial charge in [0.05, 0.1) is 7.11 Å². The highest BCUT2D eigenvalue weighted by atomic mass is 16.5. The number of ether oxygens (including phenoxy) is 1.